The molecule has 0 fully saturated rings. The highest BCUT2D eigenvalue weighted by Crippen LogP contribution is 2.30. The van der Waals surface area contributed by atoms with Crippen molar-refractivity contribution in [2.75, 3.05) is 5.32 Å². The maximum atomic E-state index is 5.42. The number of rotatable bonds is 5. The summed E-state index contributed by atoms with van der Waals surface area (Å²) in [5.74, 6) is 2.13. The summed E-state index contributed by atoms with van der Waals surface area (Å²) < 4.78 is 5.42. The third kappa shape index (κ3) is 3.53. The Labute approximate surface area is 158 Å². The lowest BCUT2D eigenvalue weighted by Gasteiger charge is -2.12. The lowest BCUT2D eigenvalue weighted by atomic mass is 10.1. The van der Waals surface area contributed by atoms with E-state index < -0.39 is 0 Å². The molecule has 0 unspecified atom stereocenters. The van der Waals surface area contributed by atoms with E-state index in [0.717, 1.165) is 27.8 Å². The predicted octanol–water partition coefficient (Wildman–Crippen LogP) is 5.33. The molecule has 0 bridgehead atoms. The highest BCUT2D eigenvalue weighted by molar-refractivity contribution is 5.89. The Morgan fingerprint density at radius 3 is 2.56 bits per heavy atom. The average Bonchev–Trinajstić information content (AvgIpc) is 3.17. The summed E-state index contributed by atoms with van der Waals surface area (Å²) >= 11 is 0. The van der Waals surface area contributed by atoms with Gasteiger partial charge < -0.3 is 9.84 Å². The normalized spacial score (nSPS) is 11.3. The number of nitrogens with one attached hydrogen (secondary N) is 1. The van der Waals surface area contributed by atoms with Crippen LogP contribution in [0.3, 0.4) is 0 Å². The average molecular weight is 358 g/mol. The van der Waals surface area contributed by atoms with Crippen molar-refractivity contribution in [3.63, 3.8) is 0 Å². The smallest absolute Gasteiger partial charge is 0.229 e. The van der Waals surface area contributed by atoms with E-state index in [1.165, 1.54) is 5.56 Å². The van der Waals surface area contributed by atoms with Gasteiger partial charge in [0, 0.05) is 17.8 Å². The number of fused-ring (bicyclic) bond motifs is 1. The van der Waals surface area contributed by atoms with Crippen LogP contribution in [0.25, 0.3) is 22.3 Å². The molecule has 27 heavy (non-hydrogen) atoms. The second-order valence-electron chi connectivity index (χ2n) is 6.98. The molecule has 0 amide bonds. The first-order valence-corrected chi connectivity index (χ1v) is 9.14. The quantitative estimate of drug-likeness (QED) is 0.522. The van der Waals surface area contributed by atoms with Crippen molar-refractivity contribution >= 4 is 16.7 Å². The number of anilines is 1. The van der Waals surface area contributed by atoms with E-state index in [4.69, 9.17) is 9.51 Å². The van der Waals surface area contributed by atoms with Crippen LogP contribution in [0.5, 0.6) is 0 Å². The van der Waals surface area contributed by atoms with E-state index in [2.05, 4.69) is 52.7 Å². The Balaban J connectivity index is 1.79. The van der Waals surface area contributed by atoms with Crippen LogP contribution < -0.4 is 5.32 Å². The van der Waals surface area contributed by atoms with Crippen LogP contribution in [0.2, 0.25) is 0 Å². The van der Waals surface area contributed by atoms with E-state index >= 15 is 0 Å². The first-order chi connectivity index (χ1) is 13.1. The minimum atomic E-state index is 0.183. The summed E-state index contributed by atoms with van der Waals surface area (Å²) in [6.45, 7) is 6.82. The van der Waals surface area contributed by atoms with Crippen LogP contribution in [0, 0.1) is 6.92 Å². The van der Waals surface area contributed by atoms with E-state index in [9.17, 15) is 0 Å². The van der Waals surface area contributed by atoms with Crippen LogP contribution in [0.1, 0.15) is 36.8 Å². The fourth-order valence-electron chi connectivity index (χ4n) is 3.01. The van der Waals surface area contributed by atoms with Gasteiger partial charge in [-0.05, 0) is 24.1 Å². The van der Waals surface area contributed by atoms with Crippen LogP contribution >= 0.6 is 0 Å². The van der Waals surface area contributed by atoms with Gasteiger partial charge in [-0.2, -0.15) is 4.98 Å². The number of pyridine rings is 1. The van der Waals surface area contributed by atoms with Gasteiger partial charge in [-0.15, -0.1) is 0 Å². The predicted molar refractivity (Wildman–Crippen MR) is 108 cm³/mol. The number of nitrogens with zero attached hydrogens (tertiary/aromatic N) is 3. The van der Waals surface area contributed by atoms with Gasteiger partial charge in [-0.1, -0.05) is 67.5 Å². The first kappa shape index (κ1) is 17.2. The zero-order chi connectivity index (χ0) is 18.8. The second kappa shape index (κ2) is 7.19. The molecule has 0 spiro atoms. The molecule has 2 aromatic heterocycles. The first-order valence-electron chi connectivity index (χ1n) is 9.14. The lowest BCUT2D eigenvalue weighted by molar-refractivity contribution is 0.365. The van der Waals surface area contributed by atoms with Gasteiger partial charge in [0.15, 0.2) is 0 Å². The molecular weight excluding hydrogens is 336 g/mol. The molecule has 0 saturated heterocycles. The van der Waals surface area contributed by atoms with Crippen molar-refractivity contribution < 1.29 is 4.52 Å². The standard InChI is InChI=1S/C22H22N4O/c1-14(2)22-25-21(26-27-22)18-12-17-11-7-8-15(3)19(17)24-20(18)23-13-16-9-5-4-6-10-16/h4-12,14H,13H2,1-3H3,(H,23,24). The second-order valence-corrected chi connectivity index (χ2v) is 6.98. The van der Waals surface area contributed by atoms with Gasteiger partial charge in [0.05, 0.1) is 11.1 Å². The fraction of sp³-hybridized carbons (Fsp3) is 0.227. The van der Waals surface area contributed by atoms with Gasteiger partial charge in [-0.25, -0.2) is 4.98 Å². The molecule has 136 valence electrons. The van der Waals surface area contributed by atoms with E-state index in [1.807, 2.05) is 38.1 Å². The molecule has 4 aromatic rings. The van der Waals surface area contributed by atoms with E-state index in [1.54, 1.807) is 0 Å². The van der Waals surface area contributed by atoms with E-state index in [-0.39, 0.29) is 5.92 Å². The Morgan fingerprint density at radius 1 is 1.00 bits per heavy atom. The van der Waals surface area contributed by atoms with Crippen LogP contribution in [0.4, 0.5) is 5.82 Å². The maximum Gasteiger partial charge on any atom is 0.229 e. The number of hydrogen-bond donors (Lipinski definition) is 1. The van der Waals surface area contributed by atoms with Gasteiger partial charge in [0.25, 0.3) is 0 Å². The van der Waals surface area contributed by atoms with Gasteiger partial charge >= 0.3 is 0 Å². The SMILES string of the molecule is Cc1cccc2cc(-c3noc(C(C)C)n3)c(NCc3ccccc3)nc12. The van der Waals surface area contributed by atoms with Gasteiger partial charge in [-0.3, -0.25) is 0 Å². The Morgan fingerprint density at radius 2 is 1.81 bits per heavy atom. The fourth-order valence-corrected chi connectivity index (χ4v) is 3.01. The molecule has 1 N–H and O–H groups in total. The van der Waals surface area contributed by atoms with Crippen molar-refractivity contribution in [2.24, 2.45) is 0 Å². The highest BCUT2D eigenvalue weighted by atomic mass is 16.5. The summed E-state index contributed by atoms with van der Waals surface area (Å²) in [4.78, 5) is 9.45. The molecule has 0 aliphatic heterocycles. The van der Waals surface area contributed by atoms with Crippen LogP contribution in [-0.2, 0) is 6.54 Å². The van der Waals surface area contributed by atoms with E-state index in [0.29, 0.717) is 18.3 Å². The Kier molecular flexibility index (Phi) is 4.59. The summed E-state index contributed by atoms with van der Waals surface area (Å²) in [6, 6.07) is 18.5. The van der Waals surface area contributed by atoms with Gasteiger partial charge in [0.2, 0.25) is 11.7 Å². The molecule has 2 heterocycles. The van der Waals surface area contributed by atoms with Crippen molar-refractivity contribution in [3.8, 4) is 11.4 Å². The summed E-state index contributed by atoms with van der Waals surface area (Å²) in [5, 5.41) is 8.70. The van der Waals surface area contributed by atoms with Crippen molar-refractivity contribution in [1.29, 1.82) is 0 Å². The molecule has 0 atom stereocenters. The van der Waals surface area contributed by atoms with Crippen LogP contribution in [-0.4, -0.2) is 15.1 Å². The number of para-hydroxylation sites is 1. The van der Waals surface area contributed by atoms with Crippen molar-refractivity contribution in [1.82, 2.24) is 15.1 Å². The zero-order valence-corrected chi connectivity index (χ0v) is 15.7. The molecular formula is C22H22N4O. The topological polar surface area (TPSA) is 63.8 Å². The third-order valence-corrected chi connectivity index (χ3v) is 4.53. The molecule has 4 rings (SSSR count). The molecule has 2 aromatic carbocycles. The summed E-state index contributed by atoms with van der Waals surface area (Å²) in [6.07, 6.45) is 0. The number of aryl methyl sites for hydroxylation is 1. The number of aromatic nitrogens is 3. The minimum Gasteiger partial charge on any atom is -0.365 e. The third-order valence-electron chi connectivity index (χ3n) is 4.53. The molecule has 0 saturated carbocycles. The molecule has 5 nitrogen and oxygen atoms in total. The monoisotopic (exact) mass is 358 g/mol. The lowest BCUT2D eigenvalue weighted by Crippen LogP contribution is -2.04. The largest absolute Gasteiger partial charge is 0.365 e. The zero-order valence-electron chi connectivity index (χ0n) is 15.7. The molecule has 0 aliphatic carbocycles. The molecule has 0 aliphatic rings. The molecule has 5 heteroatoms. The summed E-state index contributed by atoms with van der Waals surface area (Å²) in [5.41, 5.74) is 4.15. The minimum absolute atomic E-state index is 0.183. The molecule has 0 radical (unpaired) electrons. The van der Waals surface area contributed by atoms with Crippen molar-refractivity contribution in [2.45, 2.75) is 33.2 Å². The summed E-state index contributed by atoms with van der Waals surface area (Å²) in [7, 11) is 0. The maximum absolute atomic E-state index is 5.42. The van der Waals surface area contributed by atoms with Crippen LogP contribution in [0.15, 0.2) is 59.1 Å². The van der Waals surface area contributed by atoms with Crippen molar-refractivity contribution in [3.05, 3.63) is 71.6 Å². The number of hydrogen-bond acceptors (Lipinski definition) is 5. The number of benzene rings is 2. The Bertz CT molecular complexity index is 1070. The van der Waals surface area contributed by atoms with Gasteiger partial charge in [0.1, 0.15) is 5.82 Å². The Hall–Kier alpha value is -3.21. The highest BCUT2D eigenvalue weighted by Gasteiger charge is 2.17.